The average molecular weight is 303 g/mol. The van der Waals surface area contributed by atoms with E-state index in [9.17, 15) is 26.7 Å². The van der Waals surface area contributed by atoms with Crippen molar-refractivity contribution in [3.63, 3.8) is 0 Å². The molecule has 0 aromatic carbocycles. The first-order valence-corrected chi connectivity index (χ1v) is 8.04. The Morgan fingerprint density at radius 2 is 1.89 bits per heavy atom. The second-order valence-corrected chi connectivity index (χ2v) is 6.87. The lowest BCUT2D eigenvalue weighted by Crippen LogP contribution is -2.43. The first-order chi connectivity index (χ1) is 8.76. The number of hydrogen-bond acceptors (Lipinski definition) is 3. The minimum absolute atomic E-state index is 0.279. The lowest BCUT2D eigenvalue weighted by molar-refractivity contribution is -0.134. The van der Waals surface area contributed by atoms with E-state index < -0.39 is 40.8 Å². The zero-order chi connectivity index (χ0) is 14.5. The molecule has 1 aliphatic heterocycles. The topological polar surface area (TPSA) is 57.6 Å². The van der Waals surface area contributed by atoms with Crippen LogP contribution in [0.25, 0.3) is 0 Å². The summed E-state index contributed by atoms with van der Waals surface area (Å²) < 4.78 is 61.4. The van der Waals surface area contributed by atoms with Gasteiger partial charge in [-0.3, -0.25) is 0 Å². The molecule has 0 aliphatic carbocycles. The van der Waals surface area contributed by atoms with Crippen molar-refractivity contribution in [2.45, 2.75) is 50.7 Å². The van der Waals surface area contributed by atoms with Crippen LogP contribution in [-0.2, 0) is 10.0 Å². The van der Waals surface area contributed by atoms with Crippen molar-refractivity contribution in [2.75, 3.05) is 18.9 Å². The molecule has 1 atom stereocenters. The minimum Gasteiger partial charge on any atom is -0.395 e. The monoisotopic (exact) mass is 303 g/mol. The molecule has 1 fully saturated rings. The molecule has 0 amide bonds. The van der Waals surface area contributed by atoms with Gasteiger partial charge in [0.25, 0.3) is 0 Å². The van der Waals surface area contributed by atoms with Crippen molar-refractivity contribution >= 4 is 10.0 Å². The fraction of sp³-hybridized carbons (Fsp3) is 1.00. The van der Waals surface area contributed by atoms with E-state index in [-0.39, 0.29) is 6.61 Å². The molecule has 0 radical (unpaired) electrons. The fourth-order valence-corrected chi connectivity index (χ4v) is 4.05. The Morgan fingerprint density at radius 1 is 1.21 bits per heavy atom. The van der Waals surface area contributed by atoms with Gasteiger partial charge in [-0.1, -0.05) is 12.8 Å². The van der Waals surface area contributed by atoms with Crippen molar-refractivity contribution in [1.82, 2.24) is 4.31 Å². The summed E-state index contributed by atoms with van der Waals surface area (Å²) in [6.07, 6.45) is -2.89. The lowest BCUT2D eigenvalue weighted by atomic mass is 10.1. The van der Waals surface area contributed by atoms with E-state index >= 15 is 0 Å². The predicted molar refractivity (Wildman–Crippen MR) is 65.1 cm³/mol. The number of rotatable bonds is 5. The van der Waals surface area contributed by atoms with Gasteiger partial charge < -0.3 is 5.11 Å². The van der Waals surface area contributed by atoms with Gasteiger partial charge in [0.15, 0.2) is 0 Å². The zero-order valence-corrected chi connectivity index (χ0v) is 11.5. The Morgan fingerprint density at radius 3 is 2.47 bits per heavy atom. The SMILES string of the molecule is O=S(=O)(CCCC(F)(F)F)N1CCCCCC1CO. The predicted octanol–water partition coefficient (Wildman–Crippen LogP) is 1.90. The molecule has 0 bridgehead atoms. The molecule has 19 heavy (non-hydrogen) atoms. The van der Waals surface area contributed by atoms with Gasteiger partial charge in [-0.15, -0.1) is 0 Å². The van der Waals surface area contributed by atoms with Crippen LogP contribution in [0, 0.1) is 0 Å². The summed E-state index contributed by atoms with van der Waals surface area (Å²) in [5, 5.41) is 9.22. The summed E-state index contributed by atoms with van der Waals surface area (Å²) in [4.78, 5) is 0. The molecular formula is C11H20F3NO3S. The smallest absolute Gasteiger partial charge is 0.389 e. The molecule has 1 aliphatic rings. The Hall–Kier alpha value is -0.340. The maximum absolute atomic E-state index is 12.0. The van der Waals surface area contributed by atoms with Crippen LogP contribution in [0.4, 0.5) is 13.2 Å². The van der Waals surface area contributed by atoms with Gasteiger partial charge in [0, 0.05) is 19.0 Å². The quantitative estimate of drug-likeness (QED) is 0.844. The maximum Gasteiger partial charge on any atom is 0.389 e. The summed E-state index contributed by atoms with van der Waals surface area (Å²) in [5.41, 5.74) is 0. The molecule has 0 aromatic rings. The van der Waals surface area contributed by atoms with E-state index in [0.29, 0.717) is 19.4 Å². The van der Waals surface area contributed by atoms with E-state index in [1.807, 2.05) is 0 Å². The second-order valence-electron chi connectivity index (χ2n) is 4.83. The van der Waals surface area contributed by atoms with Crippen LogP contribution in [0.3, 0.4) is 0 Å². The van der Waals surface area contributed by atoms with Gasteiger partial charge in [0.05, 0.1) is 12.4 Å². The molecule has 0 aromatic heterocycles. The summed E-state index contributed by atoms with van der Waals surface area (Å²) in [7, 11) is -3.72. The maximum atomic E-state index is 12.0. The van der Waals surface area contributed by atoms with Crippen LogP contribution in [0.2, 0.25) is 0 Å². The van der Waals surface area contributed by atoms with Crippen molar-refractivity contribution in [3.8, 4) is 0 Å². The molecule has 8 heteroatoms. The van der Waals surface area contributed by atoms with Crippen LogP contribution in [0.5, 0.6) is 0 Å². The highest BCUT2D eigenvalue weighted by Crippen LogP contribution is 2.24. The van der Waals surface area contributed by atoms with Gasteiger partial charge in [-0.2, -0.15) is 17.5 Å². The van der Waals surface area contributed by atoms with Crippen molar-refractivity contribution in [1.29, 1.82) is 0 Å². The molecule has 1 unspecified atom stereocenters. The molecular weight excluding hydrogens is 283 g/mol. The van der Waals surface area contributed by atoms with Gasteiger partial charge >= 0.3 is 6.18 Å². The minimum atomic E-state index is -4.33. The third-order valence-corrected chi connectivity index (χ3v) is 5.25. The van der Waals surface area contributed by atoms with Gasteiger partial charge in [0.1, 0.15) is 0 Å². The third-order valence-electron chi connectivity index (χ3n) is 3.25. The highest BCUT2D eigenvalue weighted by Gasteiger charge is 2.32. The third kappa shape index (κ3) is 5.66. The number of aliphatic hydroxyl groups excluding tert-OH is 1. The summed E-state index contributed by atoms with van der Waals surface area (Å²) in [5.74, 6) is -0.511. The number of hydrogen-bond donors (Lipinski definition) is 1. The van der Waals surface area contributed by atoms with Crippen LogP contribution in [0.15, 0.2) is 0 Å². The van der Waals surface area contributed by atoms with Crippen LogP contribution >= 0.6 is 0 Å². The molecule has 1 saturated heterocycles. The number of halogens is 3. The van der Waals surface area contributed by atoms with Gasteiger partial charge in [-0.25, -0.2) is 8.42 Å². The van der Waals surface area contributed by atoms with Gasteiger partial charge in [-0.05, 0) is 19.3 Å². The van der Waals surface area contributed by atoms with Crippen LogP contribution in [0.1, 0.15) is 38.5 Å². The largest absolute Gasteiger partial charge is 0.395 e. The molecule has 1 rings (SSSR count). The van der Waals surface area contributed by atoms with E-state index in [0.717, 1.165) is 12.8 Å². The van der Waals surface area contributed by atoms with E-state index in [4.69, 9.17) is 0 Å². The van der Waals surface area contributed by atoms with E-state index in [2.05, 4.69) is 0 Å². The Labute approximate surface area is 111 Å². The van der Waals surface area contributed by atoms with Crippen LogP contribution in [-0.4, -0.2) is 49.0 Å². The standard InChI is InChI=1S/C11H20F3NO3S/c12-11(13,14)6-4-8-19(17,18)15-7-3-1-2-5-10(15)9-16/h10,16H,1-9H2. The normalized spacial score (nSPS) is 23.3. The molecule has 1 heterocycles. The first kappa shape index (κ1) is 16.7. The lowest BCUT2D eigenvalue weighted by Gasteiger charge is -2.27. The number of aliphatic hydroxyl groups is 1. The van der Waals surface area contributed by atoms with Crippen molar-refractivity contribution < 1.29 is 26.7 Å². The van der Waals surface area contributed by atoms with Crippen molar-refractivity contribution in [2.24, 2.45) is 0 Å². The zero-order valence-electron chi connectivity index (χ0n) is 10.7. The summed E-state index contributed by atoms with van der Waals surface area (Å²) in [6.45, 7) is 0.0120. The Kier molecular flexibility index (Phi) is 6.07. The summed E-state index contributed by atoms with van der Waals surface area (Å²) in [6, 6.07) is -0.488. The van der Waals surface area contributed by atoms with Crippen molar-refractivity contribution in [3.05, 3.63) is 0 Å². The average Bonchev–Trinajstić information content (AvgIpc) is 2.51. The highest BCUT2D eigenvalue weighted by atomic mass is 32.2. The highest BCUT2D eigenvalue weighted by molar-refractivity contribution is 7.89. The number of sulfonamides is 1. The number of alkyl halides is 3. The molecule has 4 nitrogen and oxygen atoms in total. The fourth-order valence-electron chi connectivity index (χ4n) is 2.27. The first-order valence-electron chi connectivity index (χ1n) is 6.43. The molecule has 1 N–H and O–H groups in total. The molecule has 0 saturated carbocycles. The Balaban J connectivity index is 2.63. The summed E-state index contributed by atoms with van der Waals surface area (Å²) >= 11 is 0. The Bertz CT molecular complexity index is 370. The second kappa shape index (κ2) is 6.90. The molecule has 0 spiro atoms. The van der Waals surface area contributed by atoms with Crippen LogP contribution < -0.4 is 0 Å². The molecule has 114 valence electrons. The van der Waals surface area contributed by atoms with E-state index in [1.165, 1.54) is 4.31 Å². The van der Waals surface area contributed by atoms with E-state index in [1.54, 1.807) is 0 Å². The number of nitrogens with zero attached hydrogens (tertiary/aromatic N) is 1. The van der Waals surface area contributed by atoms with Gasteiger partial charge in [0.2, 0.25) is 10.0 Å².